The van der Waals surface area contributed by atoms with Crippen molar-refractivity contribution in [3.63, 3.8) is 0 Å². The van der Waals surface area contributed by atoms with Gasteiger partial charge in [-0.05, 0) is 25.0 Å². The van der Waals surface area contributed by atoms with Crippen LogP contribution in [-0.2, 0) is 9.59 Å². The fraction of sp³-hybridized carbons (Fsp3) is 0.385. The number of halogens is 1. The first-order valence-electron chi connectivity index (χ1n) is 6.03. The Morgan fingerprint density at radius 2 is 1.78 bits per heavy atom. The van der Waals surface area contributed by atoms with Crippen molar-refractivity contribution in [1.82, 2.24) is 0 Å². The molecular weight excluding hydrogens is 235 g/mol. The number of benzene rings is 1. The molecular formula is C13H13FN2O2. The number of imide groups is 1. The molecule has 0 spiro atoms. The number of nitrogens with two attached hydrogens (primary N) is 1. The summed E-state index contributed by atoms with van der Waals surface area (Å²) >= 11 is 0. The van der Waals surface area contributed by atoms with Crippen LogP contribution in [0.1, 0.15) is 19.3 Å². The Morgan fingerprint density at radius 1 is 1.17 bits per heavy atom. The molecule has 1 aromatic rings. The molecule has 18 heavy (non-hydrogen) atoms. The number of nitrogens with zero attached hydrogens (tertiary/aromatic N) is 1. The Kier molecular flexibility index (Phi) is 2.36. The lowest BCUT2D eigenvalue weighted by molar-refractivity contribution is -0.122. The minimum atomic E-state index is -0.628. The van der Waals surface area contributed by atoms with Crippen molar-refractivity contribution in [3.8, 4) is 0 Å². The molecule has 2 fully saturated rings. The highest BCUT2D eigenvalue weighted by molar-refractivity contribution is 6.23. The number of para-hydroxylation sites is 1. The van der Waals surface area contributed by atoms with Gasteiger partial charge >= 0.3 is 0 Å². The maximum Gasteiger partial charge on any atom is 0.237 e. The molecule has 1 saturated carbocycles. The van der Waals surface area contributed by atoms with E-state index in [-0.39, 0.29) is 35.0 Å². The summed E-state index contributed by atoms with van der Waals surface area (Å²) in [6, 6.07) is 4.16. The number of rotatable bonds is 1. The van der Waals surface area contributed by atoms with Gasteiger partial charge in [0.15, 0.2) is 0 Å². The quantitative estimate of drug-likeness (QED) is 0.607. The van der Waals surface area contributed by atoms with Gasteiger partial charge in [-0.15, -0.1) is 0 Å². The summed E-state index contributed by atoms with van der Waals surface area (Å²) in [7, 11) is 0. The predicted octanol–water partition coefficient (Wildman–Crippen LogP) is 1.70. The molecule has 0 aromatic heterocycles. The zero-order valence-electron chi connectivity index (χ0n) is 9.73. The highest BCUT2D eigenvalue weighted by Gasteiger charge is 2.51. The highest BCUT2D eigenvalue weighted by atomic mass is 19.1. The first-order chi connectivity index (χ1) is 8.61. The van der Waals surface area contributed by atoms with E-state index in [1.165, 1.54) is 18.2 Å². The number of nitrogen functional groups attached to an aromatic ring is 1. The molecule has 2 N–H and O–H groups in total. The molecule has 4 nitrogen and oxygen atoms in total. The molecule has 94 valence electrons. The topological polar surface area (TPSA) is 63.4 Å². The first-order valence-corrected chi connectivity index (χ1v) is 6.03. The molecule has 1 heterocycles. The Hall–Kier alpha value is -1.91. The molecule has 3 rings (SSSR count). The van der Waals surface area contributed by atoms with E-state index in [0.29, 0.717) is 12.8 Å². The first kappa shape index (κ1) is 11.2. The molecule has 0 radical (unpaired) electrons. The summed E-state index contributed by atoms with van der Waals surface area (Å²) in [5.41, 5.74) is 5.73. The van der Waals surface area contributed by atoms with Gasteiger partial charge in [0.1, 0.15) is 11.5 Å². The normalized spacial score (nSPS) is 26.8. The second kappa shape index (κ2) is 3.80. The number of fused-ring (bicyclic) bond motifs is 1. The fourth-order valence-electron chi connectivity index (χ4n) is 2.98. The van der Waals surface area contributed by atoms with Gasteiger partial charge in [0, 0.05) is 0 Å². The monoisotopic (exact) mass is 248 g/mol. The largest absolute Gasteiger partial charge is 0.397 e. The number of amides is 2. The van der Waals surface area contributed by atoms with Crippen LogP contribution in [0.5, 0.6) is 0 Å². The van der Waals surface area contributed by atoms with Crippen molar-refractivity contribution in [2.75, 3.05) is 10.6 Å². The van der Waals surface area contributed by atoms with Gasteiger partial charge in [0.05, 0.1) is 17.5 Å². The molecule has 2 atom stereocenters. The van der Waals surface area contributed by atoms with E-state index in [0.717, 1.165) is 11.3 Å². The van der Waals surface area contributed by atoms with Gasteiger partial charge in [0.25, 0.3) is 0 Å². The number of hydrogen-bond acceptors (Lipinski definition) is 3. The van der Waals surface area contributed by atoms with E-state index in [4.69, 9.17) is 5.73 Å². The minimum absolute atomic E-state index is 0.0816. The number of anilines is 2. The van der Waals surface area contributed by atoms with Crippen LogP contribution in [0.15, 0.2) is 18.2 Å². The second-order valence-corrected chi connectivity index (χ2v) is 4.83. The van der Waals surface area contributed by atoms with Crippen molar-refractivity contribution in [3.05, 3.63) is 24.0 Å². The summed E-state index contributed by atoms with van der Waals surface area (Å²) < 4.78 is 13.8. The van der Waals surface area contributed by atoms with Gasteiger partial charge in [-0.2, -0.15) is 0 Å². The zero-order chi connectivity index (χ0) is 12.9. The summed E-state index contributed by atoms with van der Waals surface area (Å²) in [6.45, 7) is 0. The average Bonchev–Trinajstić information content (AvgIpc) is 2.88. The van der Waals surface area contributed by atoms with E-state index in [9.17, 15) is 14.0 Å². The third-order valence-electron chi connectivity index (χ3n) is 3.83. The van der Waals surface area contributed by atoms with Crippen molar-refractivity contribution >= 4 is 23.2 Å². The van der Waals surface area contributed by atoms with Crippen LogP contribution in [0, 0.1) is 17.7 Å². The van der Waals surface area contributed by atoms with Gasteiger partial charge in [0.2, 0.25) is 11.8 Å². The van der Waals surface area contributed by atoms with E-state index in [2.05, 4.69) is 0 Å². The summed E-state index contributed by atoms with van der Waals surface area (Å²) in [6.07, 6.45) is 2.30. The SMILES string of the molecule is Nc1cccc(F)c1N1C(=O)C2CCCC2C1=O. The lowest BCUT2D eigenvalue weighted by atomic mass is 10.00. The lowest BCUT2D eigenvalue weighted by Crippen LogP contribution is -2.33. The molecule has 1 aromatic carbocycles. The molecule has 2 aliphatic rings. The number of carbonyl (C=O) groups is 2. The van der Waals surface area contributed by atoms with Crippen LogP contribution in [0.25, 0.3) is 0 Å². The average molecular weight is 248 g/mol. The lowest BCUT2D eigenvalue weighted by Gasteiger charge is -2.18. The third-order valence-corrected chi connectivity index (χ3v) is 3.83. The Bertz CT molecular complexity index is 502. The summed E-state index contributed by atoms with van der Waals surface area (Å²) in [5.74, 6) is -1.80. The highest BCUT2D eigenvalue weighted by Crippen LogP contribution is 2.43. The Morgan fingerprint density at radius 3 is 2.33 bits per heavy atom. The summed E-state index contributed by atoms with van der Waals surface area (Å²) in [4.78, 5) is 25.3. The number of hydrogen-bond donors (Lipinski definition) is 1. The van der Waals surface area contributed by atoms with Gasteiger partial charge < -0.3 is 5.73 Å². The van der Waals surface area contributed by atoms with E-state index >= 15 is 0 Å². The third kappa shape index (κ3) is 1.36. The maximum absolute atomic E-state index is 13.8. The van der Waals surface area contributed by atoms with Crippen LogP contribution in [0.3, 0.4) is 0 Å². The molecule has 1 saturated heterocycles. The molecule has 1 aliphatic heterocycles. The van der Waals surface area contributed by atoms with Crippen LogP contribution >= 0.6 is 0 Å². The predicted molar refractivity (Wildman–Crippen MR) is 64.1 cm³/mol. The molecule has 1 aliphatic carbocycles. The molecule has 2 amide bonds. The van der Waals surface area contributed by atoms with Crippen LogP contribution in [0.2, 0.25) is 0 Å². The Labute approximate surface area is 104 Å². The molecule has 5 heteroatoms. The van der Waals surface area contributed by atoms with E-state index in [1.54, 1.807) is 0 Å². The minimum Gasteiger partial charge on any atom is -0.397 e. The van der Waals surface area contributed by atoms with Crippen molar-refractivity contribution < 1.29 is 14.0 Å². The van der Waals surface area contributed by atoms with Crippen LogP contribution in [0.4, 0.5) is 15.8 Å². The van der Waals surface area contributed by atoms with Gasteiger partial charge in [-0.3, -0.25) is 9.59 Å². The van der Waals surface area contributed by atoms with E-state index < -0.39 is 5.82 Å². The van der Waals surface area contributed by atoms with Crippen molar-refractivity contribution in [1.29, 1.82) is 0 Å². The summed E-state index contributed by atoms with van der Waals surface area (Å²) in [5, 5.41) is 0. The standard InChI is InChI=1S/C13H13FN2O2/c14-9-5-2-6-10(15)11(9)16-12(17)7-3-1-4-8(7)13(16)18/h2,5-8H,1,3-4,15H2. The second-order valence-electron chi connectivity index (χ2n) is 4.83. The Balaban J connectivity index is 2.08. The van der Waals surface area contributed by atoms with Crippen LogP contribution < -0.4 is 10.6 Å². The smallest absolute Gasteiger partial charge is 0.237 e. The zero-order valence-corrected chi connectivity index (χ0v) is 9.73. The van der Waals surface area contributed by atoms with Gasteiger partial charge in [-0.25, -0.2) is 9.29 Å². The molecule has 0 bridgehead atoms. The van der Waals surface area contributed by atoms with Crippen LogP contribution in [-0.4, -0.2) is 11.8 Å². The van der Waals surface area contributed by atoms with Crippen molar-refractivity contribution in [2.24, 2.45) is 11.8 Å². The molecule has 2 unspecified atom stereocenters. The fourth-order valence-corrected chi connectivity index (χ4v) is 2.98. The maximum atomic E-state index is 13.8. The number of carbonyl (C=O) groups excluding carboxylic acids is 2. The van der Waals surface area contributed by atoms with Gasteiger partial charge in [-0.1, -0.05) is 12.5 Å². The van der Waals surface area contributed by atoms with E-state index in [1.807, 2.05) is 0 Å². The van der Waals surface area contributed by atoms with Crippen molar-refractivity contribution in [2.45, 2.75) is 19.3 Å².